The molecule has 0 aromatic carbocycles. The highest BCUT2D eigenvalue weighted by Gasteiger charge is 2.35. The molecule has 0 spiro atoms. The molecule has 0 saturated carbocycles. The number of carboxylic acids is 1. The number of pyridine rings is 1. The molecule has 1 aliphatic heterocycles. The molecule has 0 aliphatic carbocycles. The predicted molar refractivity (Wildman–Crippen MR) is 100 cm³/mol. The lowest BCUT2D eigenvalue weighted by Gasteiger charge is -2.21. The van der Waals surface area contributed by atoms with Gasteiger partial charge in [-0.15, -0.1) is 0 Å². The molecule has 3 heterocycles. The van der Waals surface area contributed by atoms with Crippen molar-refractivity contribution < 1.29 is 14.6 Å². The van der Waals surface area contributed by atoms with Crippen LogP contribution < -0.4 is 15.4 Å². The molecule has 0 radical (unpaired) electrons. The van der Waals surface area contributed by atoms with Crippen molar-refractivity contribution >= 4 is 33.7 Å². The van der Waals surface area contributed by atoms with E-state index < -0.39 is 5.97 Å². The first-order valence-corrected chi connectivity index (χ1v) is 8.89. The van der Waals surface area contributed by atoms with E-state index in [1.807, 2.05) is 18.7 Å². The second-order valence-electron chi connectivity index (χ2n) is 6.33. The summed E-state index contributed by atoms with van der Waals surface area (Å²) in [6.45, 7) is 4.90. The summed E-state index contributed by atoms with van der Waals surface area (Å²) >= 11 is 3.40. The van der Waals surface area contributed by atoms with Crippen molar-refractivity contribution in [2.24, 2.45) is 0 Å². The highest BCUT2D eigenvalue weighted by molar-refractivity contribution is 9.10. The summed E-state index contributed by atoms with van der Waals surface area (Å²) in [5, 5.41) is 9.24. The van der Waals surface area contributed by atoms with Gasteiger partial charge in [-0.1, -0.05) is 0 Å². The summed E-state index contributed by atoms with van der Waals surface area (Å²) < 4.78 is 6.01. The van der Waals surface area contributed by atoms with E-state index in [-0.39, 0.29) is 18.3 Å². The van der Waals surface area contributed by atoms with Crippen molar-refractivity contribution in [1.82, 2.24) is 15.0 Å². The van der Waals surface area contributed by atoms with Crippen LogP contribution in [0.25, 0.3) is 0 Å². The van der Waals surface area contributed by atoms with Crippen molar-refractivity contribution in [2.45, 2.75) is 32.7 Å². The van der Waals surface area contributed by atoms with E-state index in [4.69, 9.17) is 10.5 Å². The molecule has 1 unspecified atom stereocenters. The Labute approximate surface area is 159 Å². The maximum absolute atomic E-state index is 11.3. The quantitative estimate of drug-likeness (QED) is 0.707. The first kappa shape index (κ1) is 18.4. The average molecular weight is 422 g/mol. The van der Waals surface area contributed by atoms with Gasteiger partial charge in [-0.2, -0.15) is 4.98 Å². The van der Waals surface area contributed by atoms with Crippen LogP contribution >= 0.6 is 15.9 Å². The number of ether oxygens (including phenoxy) is 1. The molecule has 0 bridgehead atoms. The average Bonchev–Trinajstić information content (AvgIpc) is 2.87. The van der Waals surface area contributed by atoms with Gasteiger partial charge in [-0.3, -0.25) is 9.78 Å². The second kappa shape index (κ2) is 7.06. The number of halogens is 1. The van der Waals surface area contributed by atoms with Crippen LogP contribution in [-0.2, 0) is 11.3 Å². The molecule has 0 saturated heterocycles. The molecular formula is C17H20BrN5O3. The highest BCUT2D eigenvalue weighted by atomic mass is 79.9. The maximum Gasteiger partial charge on any atom is 0.304 e. The molecule has 0 fully saturated rings. The van der Waals surface area contributed by atoms with Crippen molar-refractivity contribution in [3.05, 3.63) is 33.2 Å². The van der Waals surface area contributed by atoms with Gasteiger partial charge in [0.05, 0.1) is 25.8 Å². The molecule has 8 nitrogen and oxygen atoms in total. The summed E-state index contributed by atoms with van der Waals surface area (Å²) in [6.07, 6.45) is 1.77. The van der Waals surface area contributed by atoms with Gasteiger partial charge in [-0.05, 0) is 29.8 Å². The molecule has 1 atom stereocenters. The third-order valence-electron chi connectivity index (χ3n) is 4.56. The van der Waals surface area contributed by atoms with Crippen LogP contribution in [0, 0.1) is 13.8 Å². The number of aromatic nitrogens is 3. The lowest BCUT2D eigenvalue weighted by atomic mass is 10.0. The lowest BCUT2D eigenvalue weighted by Crippen LogP contribution is -2.24. The fourth-order valence-corrected chi connectivity index (χ4v) is 4.09. The molecule has 2 aromatic heterocycles. The summed E-state index contributed by atoms with van der Waals surface area (Å²) in [4.78, 5) is 26.3. The number of hydrogen-bond acceptors (Lipinski definition) is 7. The van der Waals surface area contributed by atoms with Gasteiger partial charge >= 0.3 is 5.97 Å². The SMILES string of the molecule is COc1c(C)cnc(CN2CC(CC(=O)O)c3c(Br)nc(N)nc32)c1C. The monoisotopic (exact) mass is 421 g/mol. The van der Waals surface area contributed by atoms with Gasteiger partial charge in [0.1, 0.15) is 16.2 Å². The third-order valence-corrected chi connectivity index (χ3v) is 5.16. The van der Waals surface area contributed by atoms with Crippen molar-refractivity contribution in [1.29, 1.82) is 0 Å². The molecule has 3 N–H and O–H groups in total. The number of nitrogens with two attached hydrogens (primary N) is 1. The molecule has 26 heavy (non-hydrogen) atoms. The zero-order valence-electron chi connectivity index (χ0n) is 14.8. The fraction of sp³-hybridized carbons (Fsp3) is 0.412. The number of anilines is 2. The molecular weight excluding hydrogens is 402 g/mol. The fourth-order valence-electron chi connectivity index (χ4n) is 3.41. The normalized spacial score (nSPS) is 15.8. The minimum Gasteiger partial charge on any atom is -0.496 e. The van der Waals surface area contributed by atoms with Crippen LogP contribution in [0.2, 0.25) is 0 Å². The van der Waals surface area contributed by atoms with E-state index in [1.165, 1.54) is 0 Å². The van der Waals surface area contributed by atoms with Crippen molar-refractivity contribution in [2.75, 3.05) is 24.3 Å². The maximum atomic E-state index is 11.3. The smallest absolute Gasteiger partial charge is 0.304 e. The Morgan fingerprint density at radius 1 is 1.46 bits per heavy atom. The van der Waals surface area contributed by atoms with Crippen LogP contribution in [0.5, 0.6) is 5.75 Å². The number of hydrogen-bond donors (Lipinski definition) is 2. The predicted octanol–water partition coefficient (Wildman–Crippen LogP) is 2.42. The molecule has 138 valence electrons. The van der Waals surface area contributed by atoms with E-state index in [9.17, 15) is 9.90 Å². The number of nitrogen functional groups attached to an aromatic ring is 1. The lowest BCUT2D eigenvalue weighted by molar-refractivity contribution is -0.137. The molecule has 0 amide bonds. The Kier molecular flexibility index (Phi) is 4.99. The Balaban J connectivity index is 1.99. The van der Waals surface area contributed by atoms with Gasteiger partial charge in [0.2, 0.25) is 5.95 Å². The van der Waals surface area contributed by atoms with Gasteiger partial charge < -0.3 is 20.5 Å². The summed E-state index contributed by atoms with van der Waals surface area (Å²) in [6, 6.07) is 0. The van der Waals surface area contributed by atoms with E-state index in [1.54, 1.807) is 13.3 Å². The molecule has 1 aliphatic rings. The minimum atomic E-state index is -0.863. The zero-order valence-corrected chi connectivity index (χ0v) is 16.4. The van der Waals surface area contributed by atoms with Gasteiger partial charge in [0.15, 0.2) is 0 Å². The van der Waals surface area contributed by atoms with Crippen LogP contribution in [0.15, 0.2) is 10.8 Å². The zero-order chi connectivity index (χ0) is 19.0. The number of nitrogens with zero attached hydrogens (tertiary/aromatic N) is 4. The van der Waals surface area contributed by atoms with Crippen LogP contribution in [0.1, 0.15) is 34.7 Å². The number of rotatable bonds is 5. The van der Waals surface area contributed by atoms with E-state index in [2.05, 4.69) is 30.9 Å². The Hall–Kier alpha value is -2.42. The number of methoxy groups -OCH3 is 1. The third kappa shape index (κ3) is 3.31. The standard InChI is InChI=1S/C17H20BrN5O3/c1-8-5-20-11(9(2)14(8)26-3)7-23-6-10(4-12(24)25)13-15(18)21-17(19)22-16(13)23/h5,10H,4,6-7H2,1-3H3,(H,24,25)(H2,19,21,22). The van der Waals surface area contributed by atoms with E-state index >= 15 is 0 Å². The highest BCUT2D eigenvalue weighted by Crippen LogP contribution is 2.42. The van der Waals surface area contributed by atoms with Crippen LogP contribution in [-0.4, -0.2) is 39.7 Å². The minimum absolute atomic E-state index is 0.000984. The molecule has 2 aromatic rings. The van der Waals surface area contributed by atoms with Crippen LogP contribution in [0.3, 0.4) is 0 Å². The van der Waals surface area contributed by atoms with Gasteiger partial charge in [0, 0.05) is 35.3 Å². The van der Waals surface area contributed by atoms with E-state index in [0.29, 0.717) is 23.5 Å². The van der Waals surface area contributed by atoms with Crippen molar-refractivity contribution in [3.8, 4) is 5.75 Å². The number of carboxylic acid groups (broad SMARTS) is 1. The molecule has 9 heteroatoms. The first-order valence-electron chi connectivity index (χ1n) is 8.10. The van der Waals surface area contributed by atoms with E-state index in [0.717, 1.165) is 28.1 Å². The Morgan fingerprint density at radius 2 is 2.19 bits per heavy atom. The summed E-state index contributed by atoms with van der Waals surface area (Å²) in [5.74, 6) is 0.516. The second-order valence-corrected chi connectivity index (χ2v) is 7.08. The largest absolute Gasteiger partial charge is 0.496 e. The van der Waals surface area contributed by atoms with Gasteiger partial charge in [-0.25, -0.2) is 4.98 Å². The van der Waals surface area contributed by atoms with Crippen molar-refractivity contribution in [3.63, 3.8) is 0 Å². The van der Waals surface area contributed by atoms with Gasteiger partial charge in [0.25, 0.3) is 0 Å². The number of fused-ring (bicyclic) bond motifs is 1. The number of aliphatic carboxylic acids is 1. The number of carbonyl (C=O) groups is 1. The van der Waals surface area contributed by atoms with Crippen LogP contribution in [0.4, 0.5) is 11.8 Å². The Bertz CT molecular complexity index is 874. The summed E-state index contributed by atoms with van der Waals surface area (Å²) in [7, 11) is 1.64. The molecule has 3 rings (SSSR count). The topological polar surface area (TPSA) is 114 Å². The Morgan fingerprint density at radius 3 is 2.85 bits per heavy atom. The number of aryl methyl sites for hydroxylation is 1. The summed E-state index contributed by atoms with van der Waals surface area (Å²) in [5.41, 5.74) is 9.35. The first-order chi connectivity index (χ1) is 12.3.